The molecule has 0 aromatic heterocycles. The Morgan fingerprint density at radius 3 is 2.94 bits per heavy atom. The Morgan fingerprint density at radius 1 is 1.50 bits per heavy atom. The molecule has 0 saturated carbocycles. The van der Waals surface area contributed by atoms with Crippen molar-refractivity contribution in [2.45, 2.75) is 32.8 Å². The third-order valence-corrected chi connectivity index (χ3v) is 2.96. The number of hydrogen-bond donors (Lipinski definition) is 1. The minimum atomic E-state index is 0.205. The second-order valence-corrected chi connectivity index (χ2v) is 4.59. The first-order valence-electron chi connectivity index (χ1n) is 5.92. The Kier molecular flexibility index (Phi) is 2.95. The summed E-state index contributed by atoms with van der Waals surface area (Å²) in [6, 6.07) is 4.23. The van der Waals surface area contributed by atoms with Gasteiger partial charge in [-0.1, -0.05) is 13.3 Å². The van der Waals surface area contributed by atoms with Gasteiger partial charge in [0.25, 0.3) is 0 Å². The molecule has 1 aromatic rings. The van der Waals surface area contributed by atoms with Crippen LogP contribution in [0.4, 0.5) is 11.4 Å². The molecule has 0 bridgehead atoms. The van der Waals surface area contributed by atoms with Crippen LogP contribution in [0.3, 0.4) is 0 Å². The largest absolute Gasteiger partial charge is 0.485 e. The molecule has 16 heavy (non-hydrogen) atoms. The van der Waals surface area contributed by atoms with Crippen LogP contribution in [0.2, 0.25) is 0 Å². The minimum Gasteiger partial charge on any atom is -0.485 e. The zero-order chi connectivity index (χ0) is 11.7. The van der Waals surface area contributed by atoms with Crippen LogP contribution in [0.25, 0.3) is 0 Å². The summed E-state index contributed by atoms with van der Waals surface area (Å²) in [5.74, 6) is 0.848. The van der Waals surface area contributed by atoms with Gasteiger partial charge in [-0.2, -0.15) is 0 Å². The maximum absolute atomic E-state index is 6.05. The number of rotatable bonds is 2. The van der Waals surface area contributed by atoms with E-state index >= 15 is 0 Å². The van der Waals surface area contributed by atoms with Crippen LogP contribution in [0.1, 0.15) is 25.8 Å². The van der Waals surface area contributed by atoms with Gasteiger partial charge in [0, 0.05) is 7.05 Å². The van der Waals surface area contributed by atoms with Crippen molar-refractivity contribution in [3.05, 3.63) is 17.7 Å². The molecule has 0 spiro atoms. The molecule has 0 aliphatic carbocycles. The first-order valence-corrected chi connectivity index (χ1v) is 5.92. The molecule has 0 saturated heterocycles. The number of likely N-dealkylation sites (N-methyl/N-ethyl adjacent to an activating group) is 1. The molecular weight excluding hydrogens is 200 g/mol. The quantitative estimate of drug-likeness (QED) is 0.778. The van der Waals surface area contributed by atoms with Crippen molar-refractivity contribution in [2.75, 3.05) is 24.2 Å². The van der Waals surface area contributed by atoms with E-state index in [1.54, 1.807) is 0 Å². The SMILES string of the molecule is CCCc1cc(N)c2c(c1)N(C)CC(C)O2. The molecule has 88 valence electrons. The summed E-state index contributed by atoms with van der Waals surface area (Å²) in [6.45, 7) is 5.17. The van der Waals surface area contributed by atoms with E-state index in [1.165, 1.54) is 5.56 Å². The van der Waals surface area contributed by atoms with Crippen molar-refractivity contribution < 1.29 is 4.74 Å². The summed E-state index contributed by atoms with van der Waals surface area (Å²) in [4.78, 5) is 2.22. The Morgan fingerprint density at radius 2 is 2.25 bits per heavy atom. The monoisotopic (exact) mass is 220 g/mol. The molecule has 0 radical (unpaired) electrons. The fraction of sp³-hybridized carbons (Fsp3) is 0.538. The summed E-state index contributed by atoms with van der Waals surface area (Å²) in [5, 5.41) is 0. The van der Waals surface area contributed by atoms with Crippen molar-refractivity contribution in [1.29, 1.82) is 0 Å². The maximum atomic E-state index is 6.05. The average Bonchev–Trinajstić information content (AvgIpc) is 2.20. The smallest absolute Gasteiger partial charge is 0.165 e. The van der Waals surface area contributed by atoms with E-state index < -0.39 is 0 Å². The van der Waals surface area contributed by atoms with Crippen LogP contribution in [0.5, 0.6) is 5.75 Å². The molecule has 0 fully saturated rings. The Balaban J connectivity index is 2.42. The summed E-state index contributed by atoms with van der Waals surface area (Å²) >= 11 is 0. The van der Waals surface area contributed by atoms with E-state index in [0.29, 0.717) is 0 Å². The molecule has 1 aromatic carbocycles. The van der Waals surface area contributed by atoms with E-state index in [1.807, 2.05) is 6.07 Å². The lowest BCUT2D eigenvalue weighted by atomic mass is 10.1. The first-order chi connectivity index (χ1) is 7.61. The lowest BCUT2D eigenvalue weighted by Gasteiger charge is -2.33. The van der Waals surface area contributed by atoms with Crippen LogP contribution in [-0.2, 0) is 6.42 Å². The zero-order valence-electron chi connectivity index (χ0n) is 10.3. The number of aryl methyl sites for hydroxylation is 1. The predicted octanol–water partition coefficient (Wildman–Crippen LogP) is 2.44. The molecule has 3 heteroatoms. The minimum absolute atomic E-state index is 0.205. The van der Waals surface area contributed by atoms with Gasteiger partial charge in [-0.25, -0.2) is 0 Å². The van der Waals surface area contributed by atoms with Gasteiger partial charge in [0.1, 0.15) is 6.10 Å². The number of anilines is 2. The van der Waals surface area contributed by atoms with Crippen LogP contribution >= 0.6 is 0 Å². The van der Waals surface area contributed by atoms with E-state index in [-0.39, 0.29) is 6.10 Å². The Hall–Kier alpha value is -1.38. The Bertz CT molecular complexity index is 390. The fourth-order valence-electron chi connectivity index (χ4n) is 2.26. The molecule has 3 nitrogen and oxygen atoms in total. The highest BCUT2D eigenvalue weighted by atomic mass is 16.5. The van der Waals surface area contributed by atoms with Crippen molar-refractivity contribution in [3.8, 4) is 5.75 Å². The van der Waals surface area contributed by atoms with E-state index in [0.717, 1.165) is 36.5 Å². The van der Waals surface area contributed by atoms with Crippen LogP contribution in [-0.4, -0.2) is 19.7 Å². The van der Waals surface area contributed by atoms with Gasteiger partial charge in [0.2, 0.25) is 0 Å². The fourth-order valence-corrected chi connectivity index (χ4v) is 2.26. The van der Waals surface area contributed by atoms with E-state index in [2.05, 4.69) is 31.9 Å². The zero-order valence-corrected chi connectivity index (χ0v) is 10.3. The third-order valence-electron chi connectivity index (χ3n) is 2.96. The van der Waals surface area contributed by atoms with Crippen LogP contribution in [0, 0.1) is 0 Å². The molecule has 1 unspecified atom stereocenters. The topological polar surface area (TPSA) is 38.5 Å². The second-order valence-electron chi connectivity index (χ2n) is 4.59. The number of benzene rings is 1. The van der Waals surface area contributed by atoms with Gasteiger partial charge in [0.05, 0.1) is 17.9 Å². The first kappa shape index (κ1) is 11.1. The molecule has 1 aliphatic heterocycles. The van der Waals surface area contributed by atoms with Gasteiger partial charge >= 0.3 is 0 Å². The molecule has 2 rings (SSSR count). The summed E-state index contributed by atoms with van der Waals surface area (Å²) in [5.41, 5.74) is 9.23. The summed E-state index contributed by atoms with van der Waals surface area (Å²) in [7, 11) is 2.09. The van der Waals surface area contributed by atoms with Gasteiger partial charge in [0.15, 0.2) is 5.75 Å². The highest BCUT2D eigenvalue weighted by Gasteiger charge is 2.22. The number of nitrogens with zero attached hydrogens (tertiary/aromatic N) is 1. The highest BCUT2D eigenvalue weighted by molar-refractivity contribution is 5.72. The lowest BCUT2D eigenvalue weighted by molar-refractivity contribution is 0.217. The van der Waals surface area contributed by atoms with Gasteiger partial charge in [-0.3, -0.25) is 0 Å². The lowest BCUT2D eigenvalue weighted by Crippen LogP contribution is -2.36. The van der Waals surface area contributed by atoms with Crippen LogP contribution < -0.4 is 15.4 Å². The van der Waals surface area contributed by atoms with E-state index in [9.17, 15) is 0 Å². The molecule has 2 N–H and O–H groups in total. The number of nitrogen functional groups attached to an aromatic ring is 1. The van der Waals surface area contributed by atoms with Crippen molar-refractivity contribution >= 4 is 11.4 Å². The van der Waals surface area contributed by atoms with Gasteiger partial charge < -0.3 is 15.4 Å². The van der Waals surface area contributed by atoms with Crippen molar-refractivity contribution in [2.24, 2.45) is 0 Å². The summed E-state index contributed by atoms with van der Waals surface area (Å²) < 4.78 is 5.80. The number of hydrogen-bond acceptors (Lipinski definition) is 3. The predicted molar refractivity (Wildman–Crippen MR) is 68.2 cm³/mol. The van der Waals surface area contributed by atoms with Gasteiger partial charge in [-0.15, -0.1) is 0 Å². The number of fused-ring (bicyclic) bond motifs is 1. The third kappa shape index (κ3) is 1.94. The molecule has 1 atom stereocenters. The number of ether oxygens (including phenoxy) is 1. The van der Waals surface area contributed by atoms with Crippen LogP contribution in [0.15, 0.2) is 12.1 Å². The molecule has 1 heterocycles. The summed E-state index contributed by atoms with van der Waals surface area (Å²) in [6.07, 6.45) is 2.41. The molecule has 1 aliphatic rings. The molecular formula is C13H20N2O. The standard InChI is InChI=1S/C13H20N2O/c1-4-5-10-6-11(14)13-12(7-10)15(3)8-9(2)16-13/h6-7,9H,4-5,8,14H2,1-3H3. The molecule has 0 amide bonds. The van der Waals surface area contributed by atoms with Crippen molar-refractivity contribution in [1.82, 2.24) is 0 Å². The Labute approximate surface area is 97.2 Å². The normalized spacial score (nSPS) is 19.2. The maximum Gasteiger partial charge on any atom is 0.165 e. The number of nitrogens with two attached hydrogens (primary N) is 1. The second kappa shape index (κ2) is 4.24. The highest BCUT2D eigenvalue weighted by Crippen LogP contribution is 2.39. The van der Waals surface area contributed by atoms with Crippen molar-refractivity contribution in [3.63, 3.8) is 0 Å². The van der Waals surface area contributed by atoms with E-state index in [4.69, 9.17) is 10.5 Å². The van der Waals surface area contributed by atoms with Gasteiger partial charge in [-0.05, 0) is 31.0 Å². The average molecular weight is 220 g/mol.